The van der Waals surface area contributed by atoms with E-state index in [-0.39, 0.29) is 5.54 Å². The van der Waals surface area contributed by atoms with Crippen molar-refractivity contribution in [1.82, 2.24) is 15.1 Å². The molecular weight excluding hydrogens is 290 g/mol. The fourth-order valence-corrected chi connectivity index (χ4v) is 1.86. The van der Waals surface area contributed by atoms with E-state index in [4.69, 9.17) is 0 Å². The monoisotopic (exact) mass is 307 g/mol. The summed E-state index contributed by atoms with van der Waals surface area (Å²) in [6, 6.07) is 8.42. The Labute approximate surface area is 116 Å². The summed E-state index contributed by atoms with van der Waals surface area (Å²) >= 11 is 3.40. The number of hydrogen-bond acceptors (Lipinski definition) is 2. The standard InChI is InChI=1S/C14H18BrN3/c1-14(2,3)16-8-11-4-6-13(7-5-11)18-10-12(15)9-17-18/h4-7,9-10,16H,8H2,1-3H3. The van der Waals surface area contributed by atoms with E-state index < -0.39 is 0 Å². The minimum atomic E-state index is 0.144. The molecule has 18 heavy (non-hydrogen) atoms. The van der Waals surface area contributed by atoms with Crippen molar-refractivity contribution in [2.45, 2.75) is 32.9 Å². The van der Waals surface area contributed by atoms with Crippen LogP contribution in [0.5, 0.6) is 0 Å². The van der Waals surface area contributed by atoms with Gasteiger partial charge in [0.25, 0.3) is 0 Å². The number of halogens is 1. The molecule has 1 aromatic heterocycles. The molecule has 2 rings (SSSR count). The second kappa shape index (κ2) is 5.24. The van der Waals surface area contributed by atoms with Crippen LogP contribution in [0.25, 0.3) is 5.69 Å². The van der Waals surface area contributed by atoms with Gasteiger partial charge in [0.2, 0.25) is 0 Å². The minimum Gasteiger partial charge on any atom is -0.308 e. The molecule has 0 atom stereocenters. The molecule has 1 aromatic carbocycles. The van der Waals surface area contributed by atoms with Crippen molar-refractivity contribution in [3.05, 3.63) is 46.7 Å². The van der Waals surface area contributed by atoms with E-state index in [0.717, 1.165) is 16.7 Å². The van der Waals surface area contributed by atoms with E-state index >= 15 is 0 Å². The Kier molecular flexibility index (Phi) is 3.88. The van der Waals surface area contributed by atoms with E-state index in [1.54, 1.807) is 6.20 Å². The fraction of sp³-hybridized carbons (Fsp3) is 0.357. The zero-order chi connectivity index (χ0) is 13.2. The van der Waals surface area contributed by atoms with Crippen LogP contribution < -0.4 is 5.32 Å². The van der Waals surface area contributed by atoms with Crippen molar-refractivity contribution in [2.24, 2.45) is 0 Å². The third-order valence-corrected chi connectivity index (χ3v) is 2.98. The van der Waals surface area contributed by atoms with Gasteiger partial charge in [-0.15, -0.1) is 0 Å². The van der Waals surface area contributed by atoms with Gasteiger partial charge in [-0.05, 0) is 54.4 Å². The van der Waals surface area contributed by atoms with Crippen molar-refractivity contribution >= 4 is 15.9 Å². The van der Waals surface area contributed by atoms with E-state index in [0.29, 0.717) is 0 Å². The fourth-order valence-electron chi connectivity index (χ4n) is 1.58. The normalized spacial score (nSPS) is 11.8. The average molecular weight is 308 g/mol. The van der Waals surface area contributed by atoms with Crippen molar-refractivity contribution < 1.29 is 0 Å². The molecule has 1 N–H and O–H groups in total. The van der Waals surface area contributed by atoms with Crippen molar-refractivity contribution in [3.63, 3.8) is 0 Å². The highest BCUT2D eigenvalue weighted by atomic mass is 79.9. The summed E-state index contributed by atoms with van der Waals surface area (Å²) in [5, 5.41) is 7.73. The Hall–Kier alpha value is -1.13. The molecule has 0 radical (unpaired) electrons. The molecule has 0 spiro atoms. The van der Waals surface area contributed by atoms with Gasteiger partial charge in [0, 0.05) is 18.3 Å². The van der Waals surface area contributed by atoms with Crippen LogP contribution in [0, 0.1) is 0 Å². The van der Waals surface area contributed by atoms with Gasteiger partial charge in [-0.2, -0.15) is 5.10 Å². The molecule has 0 unspecified atom stereocenters. The first-order chi connectivity index (χ1) is 8.44. The van der Waals surface area contributed by atoms with Crippen LogP contribution >= 0.6 is 15.9 Å². The third kappa shape index (κ3) is 3.68. The Bertz CT molecular complexity index is 509. The van der Waals surface area contributed by atoms with E-state index in [1.165, 1.54) is 5.56 Å². The molecule has 4 heteroatoms. The highest BCUT2D eigenvalue weighted by Gasteiger charge is 2.08. The first-order valence-electron chi connectivity index (χ1n) is 5.98. The number of benzene rings is 1. The van der Waals surface area contributed by atoms with Crippen LogP contribution in [0.2, 0.25) is 0 Å². The topological polar surface area (TPSA) is 29.9 Å². The maximum absolute atomic E-state index is 4.26. The van der Waals surface area contributed by atoms with Gasteiger partial charge in [0.05, 0.1) is 16.4 Å². The van der Waals surface area contributed by atoms with Gasteiger partial charge in [0.15, 0.2) is 0 Å². The molecule has 0 saturated heterocycles. The van der Waals surface area contributed by atoms with E-state index in [2.05, 4.69) is 71.4 Å². The number of aromatic nitrogens is 2. The summed E-state index contributed by atoms with van der Waals surface area (Å²) in [4.78, 5) is 0. The maximum Gasteiger partial charge on any atom is 0.0646 e. The molecule has 3 nitrogen and oxygen atoms in total. The number of rotatable bonds is 3. The number of hydrogen-bond donors (Lipinski definition) is 1. The maximum atomic E-state index is 4.26. The first-order valence-corrected chi connectivity index (χ1v) is 6.78. The molecule has 1 heterocycles. The summed E-state index contributed by atoms with van der Waals surface area (Å²) in [7, 11) is 0. The van der Waals surface area contributed by atoms with Crippen LogP contribution in [-0.4, -0.2) is 15.3 Å². The van der Waals surface area contributed by atoms with Crippen molar-refractivity contribution in [2.75, 3.05) is 0 Å². The SMILES string of the molecule is CC(C)(C)NCc1ccc(-n2cc(Br)cn2)cc1. The summed E-state index contributed by atoms with van der Waals surface area (Å²) in [6.07, 6.45) is 3.73. The average Bonchev–Trinajstić information content (AvgIpc) is 2.73. The molecule has 0 aliphatic rings. The summed E-state index contributed by atoms with van der Waals surface area (Å²) in [6.45, 7) is 7.39. The van der Waals surface area contributed by atoms with E-state index in [9.17, 15) is 0 Å². The number of nitrogens with one attached hydrogen (secondary N) is 1. The van der Waals surface area contributed by atoms with Gasteiger partial charge in [-0.3, -0.25) is 0 Å². The van der Waals surface area contributed by atoms with Crippen LogP contribution in [0.15, 0.2) is 41.1 Å². The zero-order valence-electron chi connectivity index (χ0n) is 10.9. The Balaban J connectivity index is 2.06. The lowest BCUT2D eigenvalue weighted by molar-refractivity contribution is 0.424. The second-order valence-electron chi connectivity index (χ2n) is 5.37. The highest BCUT2D eigenvalue weighted by Crippen LogP contribution is 2.13. The molecule has 0 aliphatic carbocycles. The molecular formula is C14H18BrN3. The summed E-state index contributed by atoms with van der Waals surface area (Å²) in [5.74, 6) is 0. The zero-order valence-corrected chi connectivity index (χ0v) is 12.5. The Morgan fingerprint density at radius 3 is 2.39 bits per heavy atom. The summed E-state index contributed by atoms with van der Waals surface area (Å²) < 4.78 is 2.84. The lowest BCUT2D eigenvalue weighted by atomic mass is 10.1. The van der Waals surface area contributed by atoms with Crippen LogP contribution in [-0.2, 0) is 6.54 Å². The molecule has 0 amide bonds. The largest absolute Gasteiger partial charge is 0.308 e. The Morgan fingerprint density at radius 2 is 1.89 bits per heavy atom. The van der Waals surface area contributed by atoms with E-state index in [1.807, 2.05) is 10.9 Å². The predicted octanol–water partition coefficient (Wildman–Crippen LogP) is 3.52. The van der Waals surface area contributed by atoms with Crippen molar-refractivity contribution in [3.8, 4) is 5.69 Å². The van der Waals surface area contributed by atoms with Gasteiger partial charge in [0.1, 0.15) is 0 Å². The van der Waals surface area contributed by atoms with Gasteiger partial charge < -0.3 is 5.32 Å². The summed E-state index contributed by atoms with van der Waals surface area (Å²) in [5.41, 5.74) is 2.49. The molecule has 0 saturated carbocycles. The minimum absolute atomic E-state index is 0.144. The molecule has 0 fully saturated rings. The van der Waals surface area contributed by atoms with Gasteiger partial charge in [-0.1, -0.05) is 12.1 Å². The molecule has 96 valence electrons. The van der Waals surface area contributed by atoms with Gasteiger partial charge in [-0.25, -0.2) is 4.68 Å². The number of nitrogens with zero attached hydrogens (tertiary/aromatic N) is 2. The lowest BCUT2D eigenvalue weighted by Gasteiger charge is -2.20. The smallest absolute Gasteiger partial charge is 0.0646 e. The highest BCUT2D eigenvalue weighted by molar-refractivity contribution is 9.10. The molecule has 2 aromatic rings. The van der Waals surface area contributed by atoms with Crippen LogP contribution in [0.4, 0.5) is 0 Å². The Morgan fingerprint density at radius 1 is 1.22 bits per heavy atom. The second-order valence-corrected chi connectivity index (χ2v) is 6.29. The van der Waals surface area contributed by atoms with Crippen molar-refractivity contribution in [1.29, 1.82) is 0 Å². The predicted molar refractivity (Wildman–Crippen MR) is 77.9 cm³/mol. The molecule has 0 aliphatic heterocycles. The van der Waals surface area contributed by atoms with Crippen LogP contribution in [0.3, 0.4) is 0 Å². The van der Waals surface area contributed by atoms with Crippen LogP contribution in [0.1, 0.15) is 26.3 Å². The van der Waals surface area contributed by atoms with Gasteiger partial charge >= 0.3 is 0 Å². The third-order valence-electron chi connectivity index (χ3n) is 2.57. The quantitative estimate of drug-likeness (QED) is 0.940. The molecule has 0 bridgehead atoms. The first kappa shape index (κ1) is 13.3. The lowest BCUT2D eigenvalue weighted by Crippen LogP contribution is -2.35.